The minimum absolute atomic E-state index is 0.00462. The number of nitrogens with zero attached hydrogens (tertiary/aromatic N) is 2. The fourth-order valence-corrected chi connectivity index (χ4v) is 8.67. The minimum Gasteiger partial charge on any atom is -0.462 e. The maximum Gasteiger partial charge on any atom is 0.310 e. The summed E-state index contributed by atoms with van der Waals surface area (Å²) in [7, 11) is 0. The van der Waals surface area contributed by atoms with Crippen LogP contribution in [0.2, 0.25) is 5.02 Å². The van der Waals surface area contributed by atoms with Crippen molar-refractivity contribution in [1.82, 2.24) is 9.80 Å². The molecule has 202 valence electrons. The number of carbonyl (C=O) groups excluding carboxylic acids is 1. The SMILES string of the molecule is C[C@]12CCC[C@@]3(CO3)[C@@H]1C[C@H]1[C@H](CN3CCN([C@@H](c4ccccc4)c4ccc(Cl)cc4)CC3)C(=O)O[C@@H]1C2. The lowest BCUT2D eigenvalue weighted by atomic mass is 9.53. The lowest BCUT2D eigenvalue weighted by Gasteiger charge is -2.51. The molecule has 38 heavy (non-hydrogen) atoms. The highest BCUT2D eigenvalue weighted by atomic mass is 35.5. The molecule has 3 aliphatic heterocycles. The Balaban J connectivity index is 1.04. The molecular formula is C32H39ClN2O3. The monoisotopic (exact) mass is 534 g/mol. The quantitative estimate of drug-likeness (QED) is 0.370. The lowest BCUT2D eigenvalue weighted by Crippen LogP contribution is -2.52. The van der Waals surface area contributed by atoms with Crippen molar-refractivity contribution >= 4 is 17.6 Å². The zero-order chi connectivity index (χ0) is 25.9. The summed E-state index contributed by atoms with van der Waals surface area (Å²) >= 11 is 6.21. The Kier molecular flexibility index (Phi) is 6.35. The molecule has 2 aromatic rings. The average molecular weight is 535 g/mol. The van der Waals surface area contributed by atoms with Gasteiger partial charge in [0.05, 0.1) is 24.2 Å². The maximum atomic E-state index is 13.2. The second-order valence-electron chi connectivity index (χ2n) is 12.8. The molecule has 1 spiro atoms. The topological polar surface area (TPSA) is 45.3 Å². The molecule has 0 aromatic heterocycles. The van der Waals surface area contributed by atoms with E-state index in [9.17, 15) is 4.79 Å². The lowest BCUT2D eigenvalue weighted by molar-refractivity contribution is -0.147. The van der Waals surface area contributed by atoms with Gasteiger partial charge in [-0.15, -0.1) is 0 Å². The molecule has 0 N–H and O–H groups in total. The van der Waals surface area contributed by atoms with Crippen LogP contribution in [-0.4, -0.2) is 66.8 Å². The number of benzene rings is 2. The van der Waals surface area contributed by atoms with Crippen LogP contribution in [0.4, 0.5) is 0 Å². The number of hydrogen-bond donors (Lipinski definition) is 0. The predicted molar refractivity (Wildman–Crippen MR) is 148 cm³/mol. The number of piperazine rings is 1. The number of ether oxygens (including phenoxy) is 2. The smallest absolute Gasteiger partial charge is 0.310 e. The van der Waals surface area contributed by atoms with Crippen LogP contribution in [0.5, 0.6) is 0 Å². The van der Waals surface area contributed by atoms with E-state index in [-0.39, 0.29) is 35.0 Å². The highest BCUT2D eigenvalue weighted by Crippen LogP contribution is 2.62. The van der Waals surface area contributed by atoms with Crippen molar-refractivity contribution in [2.45, 2.75) is 56.8 Å². The Morgan fingerprint density at radius 3 is 2.42 bits per heavy atom. The van der Waals surface area contributed by atoms with Gasteiger partial charge in [-0.05, 0) is 66.7 Å². The number of hydrogen-bond acceptors (Lipinski definition) is 5. The normalized spacial score (nSPS) is 37.9. The molecule has 2 aliphatic carbocycles. The Hall–Kier alpha value is -1.92. The summed E-state index contributed by atoms with van der Waals surface area (Å²) in [5.41, 5.74) is 2.93. The summed E-state index contributed by atoms with van der Waals surface area (Å²) < 4.78 is 12.2. The van der Waals surface area contributed by atoms with Gasteiger partial charge in [-0.25, -0.2) is 0 Å². The third-order valence-corrected chi connectivity index (χ3v) is 10.9. The number of halogens is 1. The molecular weight excluding hydrogens is 496 g/mol. The second-order valence-corrected chi connectivity index (χ2v) is 13.2. The van der Waals surface area contributed by atoms with Crippen molar-refractivity contribution < 1.29 is 14.3 Å². The largest absolute Gasteiger partial charge is 0.462 e. The van der Waals surface area contributed by atoms with Gasteiger partial charge in [-0.3, -0.25) is 14.6 Å². The molecule has 6 heteroatoms. The molecule has 3 saturated heterocycles. The molecule has 0 unspecified atom stereocenters. The van der Waals surface area contributed by atoms with E-state index in [0.29, 0.717) is 11.8 Å². The molecule has 2 saturated carbocycles. The fraction of sp³-hybridized carbons (Fsp3) is 0.594. The van der Waals surface area contributed by atoms with E-state index in [2.05, 4.69) is 59.2 Å². The summed E-state index contributed by atoms with van der Waals surface area (Å²) in [6.07, 6.45) is 5.88. The van der Waals surface area contributed by atoms with Crippen LogP contribution in [0.1, 0.15) is 56.2 Å². The molecule has 7 rings (SSSR count). The number of carbonyl (C=O) groups is 1. The van der Waals surface area contributed by atoms with E-state index in [1.165, 1.54) is 30.4 Å². The summed E-state index contributed by atoms with van der Waals surface area (Å²) in [6.45, 7) is 8.04. The van der Waals surface area contributed by atoms with Crippen molar-refractivity contribution in [1.29, 1.82) is 0 Å². The van der Waals surface area contributed by atoms with Crippen LogP contribution in [0.15, 0.2) is 54.6 Å². The first-order valence-electron chi connectivity index (χ1n) is 14.6. The first-order chi connectivity index (χ1) is 18.4. The first-order valence-corrected chi connectivity index (χ1v) is 14.9. The molecule has 5 fully saturated rings. The van der Waals surface area contributed by atoms with Crippen LogP contribution in [0.25, 0.3) is 0 Å². The average Bonchev–Trinajstić information content (AvgIpc) is 3.63. The minimum atomic E-state index is -0.00462. The number of epoxide rings is 1. The fourth-order valence-electron chi connectivity index (χ4n) is 8.54. The first kappa shape index (κ1) is 25.1. The third-order valence-electron chi connectivity index (χ3n) is 10.6. The molecule has 0 radical (unpaired) electrons. The van der Waals surface area contributed by atoms with Crippen molar-refractivity contribution in [2.24, 2.45) is 23.2 Å². The van der Waals surface area contributed by atoms with Gasteiger partial charge in [0.2, 0.25) is 0 Å². The standard InChI is InChI=1S/C32H39ClN2O3/c1-31-12-5-13-32(21-37-32)28(31)18-25-26(30(36)38-27(25)19-31)20-34-14-16-35(17-15-34)29(22-6-3-2-4-7-22)23-8-10-24(33)11-9-23/h2-4,6-11,25-29H,5,12-21H2,1H3/t25-,26-,27+,28+,29-,31+,32+/m0/s1. The van der Waals surface area contributed by atoms with E-state index >= 15 is 0 Å². The van der Waals surface area contributed by atoms with Crippen LogP contribution < -0.4 is 0 Å². The molecule has 0 bridgehead atoms. The number of fused-ring (bicyclic) bond motifs is 3. The molecule has 3 heterocycles. The van der Waals surface area contributed by atoms with Crippen LogP contribution in [-0.2, 0) is 14.3 Å². The van der Waals surface area contributed by atoms with Crippen LogP contribution >= 0.6 is 11.6 Å². The Morgan fingerprint density at radius 2 is 1.71 bits per heavy atom. The van der Waals surface area contributed by atoms with Crippen molar-refractivity contribution in [3.63, 3.8) is 0 Å². The van der Waals surface area contributed by atoms with Gasteiger partial charge in [0, 0.05) is 43.7 Å². The van der Waals surface area contributed by atoms with Gasteiger partial charge in [-0.2, -0.15) is 0 Å². The molecule has 5 aliphatic rings. The molecule has 5 nitrogen and oxygen atoms in total. The van der Waals surface area contributed by atoms with E-state index in [4.69, 9.17) is 21.1 Å². The summed E-state index contributed by atoms with van der Waals surface area (Å²) in [5, 5.41) is 0.766. The van der Waals surface area contributed by atoms with Gasteiger partial charge in [0.1, 0.15) is 6.10 Å². The molecule has 7 atom stereocenters. The zero-order valence-corrected chi connectivity index (χ0v) is 23.1. The van der Waals surface area contributed by atoms with Crippen molar-refractivity contribution in [2.75, 3.05) is 39.3 Å². The Morgan fingerprint density at radius 1 is 1.00 bits per heavy atom. The van der Waals surface area contributed by atoms with E-state index in [1.54, 1.807) is 0 Å². The highest BCUT2D eigenvalue weighted by Gasteiger charge is 2.65. The zero-order valence-electron chi connectivity index (χ0n) is 22.4. The van der Waals surface area contributed by atoms with Gasteiger partial charge in [0.15, 0.2) is 0 Å². The molecule has 2 aromatic carbocycles. The number of rotatable bonds is 5. The van der Waals surface area contributed by atoms with Gasteiger partial charge < -0.3 is 9.47 Å². The van der Waals surface area contributed by atoms with Gasteiger partial charge >= 0.3 is 5.97 Å². The Bertz CT molecular complexity index is 1160. The van der Waals surface area contributed by atoms with Crippen molar-refractivity contribution in [3.8, 4) is 0 Å². The van der Waals surface area contributed by atoms with Gasteiger partial charge in [-0.1, -0.05) is 61.0 Å². The van der Waals surface area contributed by atoms with Crippen molar-refractivity contribution in [3.05, 3.63) is 70.7 Å². The highest BCUT2D eigenvalue weighted by molar-refractivity contribution is 6.30. The van der Waals surface area contributed by atoms with Gasteiger partial charge in [0.25, 0.3) is 0 Å². The molecule has 0 amide bonds. The van der Waals surface area contributed by atoms with E-state index < -0.39 is 0 Å². The van der Waals surface area contributed by atoms with E-state index in [1.807, 2.05) is 12.1 Å². The second kappa shape index (κ2) is 9.62. The Labute approximate surface area is 231 Å². The summed E-state index contributed by atoms with van der Waals surface area (Å²) in [4.78, 5) is 18.3. The third kappa shape index (κ3) is 4.40. The van der Waals surface area contributed by atoms with E-state index in [0.717, 1.165) is 57.2 Å². The number of esters is 1. The maximum absolute atomic E-state index is 13.2. The van der Waals surface area contributed by atoms with Crippen LogP contribution in [0.3, 0.4) is 0 Å². The van der Waals surface area contributed by atoms with Crippen LogP contribution in [0, 0.1) is 23.2 Å². The summed E-state index contributed by atoms with van der Waals surface area (Å²) in [6, 6.07) is 19.2. The predicted octanol–water partition coefficient (Wildman–Crippen LogP) is 5.57. The summed E-state index contributed by atoms with van der Waals surface area (Å²) in [5.74, 6) is 0.947.